The van der Waals surface area contributed by atoms with Gasteiger partial charge in [0.15, 0.2) is 0 Å². The molecule has 0 atom stereocenters. The summed E-state index contributed by atoms with van der Waals surface area (Å²) in [6.45, 7) is 4.84. The molecule has 0 aliphatic carbocycles. The molecule has 2 saturated heterocycles. The van der Waals surface area contributed by atoms with Gasteiger partial charge in [0.05, 0.1) is 31.5 Å². The summed E-state index contributed by atoms with van der Waals surface area (Å²) in [5, 5.41) is 2.26. The number of fused-ring (bicyclic) bond motifs is 1. The van der Waals surface area contributed by atoms with E-state index in [1.165, 1.54) is 34.4 Å². The van der Waals surface area contributed by atoms with Gasteiger partial charge in [-0.2, -0.15) is 0 Å². The maximum absolute atomic E-state index is 13.3. The van der Waals surface area contributed by atoms with E-state index in [1.54, 1.807) is 17.0 Å². The van der Waals surface area contributed by atoms with E-state index < -0.39 is 0 Å². The summed E-state index contributed by atoms with van der Waals surface area (Å²) < 4.78 is 20.0. The summed E-state index contributed by atoms with van der Waals surface area (Å²) in [5.41, 5.74) is 1.12. The first kappa shape index (κ1) is 23.6. The molecule has 2 aromatic heterocycles. The Bertz CT molecular complexity index is 1280. The van der Waals surface area contributed by atoms with Crippen molar-refractivity contribution in [2.75, 3.05) is 59.0 Å². The number of ether oxygens (including phenoxy) is 1. The first-order valence-corrected chi connectivity index (χ1v) is 12.5. The Hall–Kier alpha value is -3.15. The average Bonchev–Trinajstić information content (AvgIpc) is 3.32. The van der Waals surface area contributed by atoms with Gasteiger partial charge in [0, 0.05) is 50.2 Å². The second kappa shape index (κ2) is 10.2. The van der Waals surface area contributed by atoms with Gasteiger partial charge in [-0.05, 0) is 17.7 Å². The Morgan fingerprint density at radius 2 is 1.60 bits per heavy atom. The summed E-state index contributed by atoms with van der Waals surface area (Å²) in [6, 6.07) is 5.96. The molecule has 0 saturated carbocycles. The molecule has 0 spiro atoms. The van der Waals surface area contributed by atoms with Crippen molar-refractivity contribution in [3.05, 3.63) is 52.1 Å². The Balaban J connectivity index is 1.23. The van der Waals surface area contributed by atoms with Crippen molar-refractivity contribution in [2.45, 2.75) is 6.54 Å². The number of hydrogen-bond donors (Lipinski definition) is 0. The second-order valence-electron chi connectivity index (χ2n) is 8.66. The fourth-order valence-corrected chi connectivity index (χ4v) is 5.33. The van der Waals surface area contributed by atoms with Gasteiger partial charge in [-0.1, -0.05) is 12.1 Å². The van der Waals surface area contributed by atoms with Crippen molar-refractivity contribution in [1.82, 2.24) is 24.3 Å². The number of nitrogens with zero attached hydrogens (tertiary/aromatic N) is 5. The van der Waals surface area contributed by atoms with Crippen LogP contribution in [0.1, 0.15) is 0 Å². The number of aromatic nitrogens is 2. The lowest BCUT2D eigenvalue weighted by molar-refractivity contribution is -0.138. The van der Waals surface area contributed by atoms with Crippen molar-refractivity contribution in [2.24, 2.45) is 0 Å². The fourth-order valence-electron chi connectivity index (χ4n) is 4.43. The van der Waals surface area contributed by atoms with Crippen LogP contribution in [-0.2, 0) is 20.9 Å². The molecule has 4 heterocycles. The monoisotopic (exact) mass is 499 g/mol. The quantitative estimate of drug-likeness (QED) is 0.526. The molecule has 2 aliphatic heterocycles. The Morgan fingerprint density at radius 3 is 2.31 bits per heavy atom. The normalized spacial score (nSPS) is 17.2. The lowest BCUT2D eigenvalue weighted by atomic mass is 10.1. The number of piperazine rings is 1. The zero-order valence-electron chi connectivity index (χ0n) is 19.2. The van der Waals surface area contributed by atoms with E-state index in [4.69, 9.17) is 4.74 Å². The van der Waals surface area contributed by atoms with Crippen molar-refractivity contribution >= 4 is 33.4 Å². The van der Waals surface area contributed by atoms with Gasteiger partial charge in [-0.3, -0.25) is 23.9 Å². The topological polar surface area (TPSA) is 88.0 Å². The van der Waals surface area contributed by atoms with Gasteiger partial charge in [0.25, 0.3) is 5.56 Å². The van der Waals surface area contributed by atoms with Gasteiger partial charge >= 0.3 is 0 Å². The number of rotatable bonds is 5. The van der Waals surface area contributed by atoms with Crippen LogP contribution in [0, 0.1) is 5.82 Å². The number of thiophene rings is 1. The number of carbonyl (C=O) groups excluding carboxylic acids is 2. The van der Waals surface area contributed by atoms with Crippen LogP contribution in [0.2, 0.25) is 0 Å². The predicted octanol–water partition coefficient (Wildman–Crippen LogP) is 1.27. The molecule has 5 rings (SSSR count). The van der Waals surface area contributed by atoms with Crippen molar-refractivity contribution < 1.29 is 18.7 Å². The molecule has 0 bridgehead atoms. The van der Waals surface area contributed by atoms with Crippen molar-refractivity contribution in [3.63, 3.8) is 0 Å². The highest BCUT2D eigenvalue weighted by Gasteiger charge is 2.25. The van der Waals surface area contributed by atoms with E-state index in [1.807, 2.05) is 10.3 Å². The van der Waals surface area contributed by atoms with E-state index in [0.29, 0.717) is 74.8 Å². The summed E-state index contributed by atoms with van der Waals surface area (Å²) in [7, 11) is 0. The number of benzene rings is 1. The molecule has 11 heteroatoms. The van der Waals surface area contributed by atoms with Crippen LogP contribution in [0.5, 0.6) is 0 Å². The molecule has 184 valence electrons. The molecule has 3 aromatic rings. The lowest BCUT2D eigenvalue weighted by Gasteiger charge is -2.36. The summed E-state index contributed by atoms with van der Waals surface area (Å²) >= 11 is 1.34. The minimum atomic E-state index is -0.347. The van der Waals surface area contributed by atoms with E-state index in [-0.39, 0.29) is 29.7 Å². The van der Waals surface area contributed by atoms with Crippen LogP contribution < -0.4 is 5.56 Å². The molecule has 9 nitrogen and oxygen atoms in total. The smallest absolute Gasteiger partial charge is 0.263 e. The Kier molecular flexibility index (Phi) is 6.89. The molecule has 1 aromatic carbocycles. The molecule has 0 N–H and O–H groups in total. The Morgan fingerprint density at radius 1 is 0.943 bits per heavy atom. The summed E-state index contributed by atoms with van der Waals surface area (Å²) in [6.07, 6.45) is 1.41. The molecule has 35 heavy (non-hydrogen) atoms. The van der Waals surface area contributed by atoms with Crippen LogP contribution in [0.4, 0.5) is 4.39 Å². The largest absolute Gasteiger partial charge is 0.378 e. The van der Waals surface area contributed by atoms with Crippen LogP contribution in [0.25, 0.3) is 21.3 Å². The van der Waals surface area contributed by atoms with Crippen molar-refractivity contribution in [1.29, 1.82) is 0 Å². The number of halogens is 1. The third kappa shape index (κ3) is 5.12. The molecule has 2 aliphatic rings. The molecule has 0 unspecified atom stereocenters. The number of hydrogen-bond acceptors (Lipinski definition) is 7. The highest BCUT2D eigenvalue weighted by Crippen LogP contribution is 2.30. The van der Waals surface area contributed by atoms with Crippen LogP contribution >= 0.6 is 11.3 Å². The third-order valence-corrected chi connectivity index (χ3v) is 7.36. The van der Waals surface area contributed by atoms with E-state index in [9.17, 15) is 18.8 Å². The molecular formula is C24H26FN5O4S. The third-order valence-electron chi connectivity index (χ3n) is 6.47. The number of carbonyl (C=O) groups is 2. The zero-order valence-corrected chi connectivity index (χ0v) is 20.0. The van der Waals surface area contributed by atoms with E-state index in [2.05, 4.69) is 9.88 Å². The highest BCUT2D eigenvalue weighted by molar-refractivity contribution is 7.17. The maximum atomic E-state index is 13.3. The highest BCUT2D eigenvalue weighted by atomic mass is 32.1. The van der Waals surface area contributed by atoms with Gasteiger partial charge < -0.3 is 14.5 Å². The second-order valence-corrected chi connectivity index (χ2v) is 9.52. The van der Waals surface area contributed by atoms with E-state index in [0.717, 1.165) is 5.56 Å². The number of amides is 2. The van der Waals surface area contributed by atoms with Gasteiger partial charge in [0.2, 0.25) is 11.8 Å². The first-order chi connectivity index (χ1) is 17.0. The standard InChI is InChI=1S/C24H26FN5O4S/c25-18-3-1-17(2-4-18)19-15-35-23-22(19)24(33)30(16-26-23)14-21(32)28-7-5-27(6-8-28)13-20(31)29-9-11-34-12-10-29/h1-4,15-16H,5-14H2. The fraction of sp³-hybridized carbons (Fsp3) is 0.417. The van der Waals surface area contributed by atoms with Gasteiger partial charge in [-0.15, -0.1) is 11.3 Å². The summed E-state index contributed by atoms with van der Waals surface area (Å²) in [5.74, 6) is -0.419. The summed E-state index contributed by atoms with van der Waals surface area (Å²) in [4.78, 5) is 49.2. The maximum Gasteiger partial charge on any atom is 0.263 e. The minimum absolute atomic E-state index is 0.0896. The lowest BCUT2D eigenvalue weighted by Crippen LogP contribution is -2.53. The van der Waals surface area contributed by atoms with Crippen molar-refractivity contribution in [3.8, 4) is 11.1 Å². The Labute approximate surface area is 205 Å². The molecular weight excluding hydrogens is 473 g/mol. The SMILES string of the molecule is O=C(CN1CCN(C(=O)Cn2cnc3scc(-c4ccc(F)cc4)c3c2=O)CC1)N1CCOCC1. The van der Waals surface area contributed by atoms with E-state index >= 15 is 0 Å². The van der Waals surface area contributed by atoms with Gasteiger partial charge in [-0.25, -0.2) is 9.37 Å². The minimum Gasteiger partial charge on any atom is -0.378 e. The van der Waals surface area contributed by atoms with Crippen LogP contribution in [-0.4, -0.2) is 95.1 Å². The first-order valence-electron chi connectivity index (χ1n) is 11.6. The molecule has 0 radical (unpaired) electrons. The van der Waals surface area contributed by atoms with Crippen LogP contribution in [0.3, 0.4) is 0 Å². The molecule has 2 amide bonds. The van der Waals surface area contributed by atoms with Gasteiger partial charge in [0.1, 0.15) is 17.2 Å². The number of morpholine rings is 1. The average molecular weight is 500 g/mol. The zero-order chi connectivity index (χ0) is 24.4. The predicted molar refractivity (Wildman–Crippen MR) is 130 cm³/mol. The van der Waals surface area contributed by atoms with Crippen LogP contribution in [0.15, 0.2) is 40.8 Å². The molecule has 2 fully saturated rings.